The molecule has 37 heavy (non-hydrogen) atoms. The maximum absolute atomic E-state index is 15.2. The molecule has 2 aromatic carbocycles. The lowest BCUT2D eigenvalue weighted by Crippen LogP contribution is -2.42. The second kappa shape index (κ2) is 10.9. The van der Waals surface area contributed by atoms with Gasteiger partial charge in [-0.25, -0.2) is 23.4 Å². The molecule has 2 atom stereocenters. The Morgan fingerprint density at radius 3 is 2.62 bits per heavy atom. The molecule has 0 aliphatic carbocycles. The minimum Gasteiger partial charge on any atom is -0.790 e. The Bertz CT molecular complexity index is 1460. The first-order valence-corrected chi connectivity index (χ1v) is 13.0. The normalized spacial score (nSPS) is 14.2. The van der Waals surface area contributed by atoms with E-state index in [-0.39, 0.29) is 12.1 Å². The summed E-state index contributed by atoms with van der Waals surface area (Å²) in [5.74, 6) is -2.60. The molecule has 0 fully saturated rings. The van der Waals surface area contributed by atoms with E-state index < -0.39 is 37.8 Å². The number of phosphoric acid groups is 1. The van der Waals surface area contributed by atoms with E-state index in [0.29, 0.717) is 22.3 Å². The quantitative estimate of drug-likeness (QED) is 0.216. The van der Waals surface area contributed by atoms with Crippen molar-refractivity contribution in [2.24, 2.45) is 0 Å². The summed E-state index contributed by atoms with van der Waals surface area (Å²) in [5.41, 5.74) is -0.117. The molecule has 4 rings (SSSR count). The summed E-state index contributed by atoms with van der Waals surface area (Å²) in [6.07, 6.45) is 2.58. The van der Waals surface area contributed by atoms with Crippen molar-refractivity contribution < 1.29 is 32.4 Å². The number of nitrogens with zero attached hydrogens (tertiary/aromatic N) is 5. The number of halogens is 2. The van der Waals surface area contributed by atoms with E-state index in [1.54, 1.807) is 36.6 Å². The molecule has 0 unspecified atom stereocenters. The van der Waals surface area contributed by atoms with Crippen molar-refractivity contribution in [3.05, 3.63) is 88.3 Å². The van der Waals surface area contributed by atoms with E-state index in [1.807, 2.05) is 6.07 Å². The topological polar surface area (TPSA) is 149 Å². The number of thiazole rings is 1. The summed E-state index contributed by atoms with van der Waals surface area (Å²) in [4.78, 5) is 30.8. The monoisotopic (exact) mass is 545 g/mol. The van der Waals surface area contributed by atoms with Crippen molar-refractivity contribution >= 4 is 19.2 Å². The van der Waals surface area contributed by atoms with E-state index >= 15 is 4.39 Å². The fourth-order valence-electron chi connectivity index (χ4n) is 3.82. The van der Waals surface area contributed by atoms with Crippen molar-refractivity contribution in [2.45, 2.75) is 25.0 Å². The highest BCUT2D eigenvalue weighted by Crippen LogP contribution is 2.45. The Morgan fingerprint density at radius 1 is 1.24 bits per heavy atom. The molecule has 192 valence electrons. The Labute approximate surface area is 214 Å². The zero-order valence-corrected chi connectivity index (χ0v) is 20.9. The predicted octanol–water partition coefficient (Wildman–Crippen LogP) is 3.07. The number of nitriles is 1. The molecule has 0 N–H and O–H groups in total. The van der Waals surface area contributed by atoms with Crippen molar-refractivity contribution in [2.75, 3.05) is 6.79 Å². The zero-order valence-electron chi connectivity index (χ0n) is 19.2. The van der Waals surface area contributed by atoms with Gasteiger partial charge in [0.15, 0.2) is 6.79 Å². The van der Waals surface area contributed by atoms with Gasteiger partial charge in [-0.15, -0.1) is 11.3 Å². The van der Waals surface area contributed by atoms with Crippen molar-refractivity contribution in [1.82, 2.24) is 19.7 Å². The molecule has 4 aromatic rings. The number of aromatic nitrogens is 4. The average molecular weight is 545 g/mol. The van der Waals surface area contributed by atoms with Crippen molar-refractivity contribution in [1.29, 1.82) is 5.26 Å². The van der Waals surface area contributed by atoms with Gasteiger partial charge < -0.3 is 23.6 Å². The standard InChI is InChI=1S/C23H20F2N5O5PS/c1-15(22-29-21(10-37-22)17-4-2-16(9-26)3-5-17)23(11-30-13-27-12-28-30,34-14-35-36(31,32)33)19-7-6-18(24)8-20(19)25/h2-8,10,12-13,15H,11,14H2,1H3,(H2,31,32,33)/p-2/t15-,23+/m0/s1. The third-order valence-electron chi connectivity index (χ3n) is 5.68. The SMILES string of the molecule is C[C@@H](c1nc(-c2ccc(C#N)cc2)cs1)[C@@](Cn1cncn1)(OCOP(=O)([O-])[O-])c1ccc(F)cc1F. The lowest BCUT2D eigenvalue weighted by molar-refractivity contribution is -0.348. The largest absolute Gasteiger partial charge is 0.790 e. The van der Waals surface area contributed by atoms with Gasteiger partial charge in [0.05, 0.1) is 36.7 Å². The fourth-order valence-corrected chi connectivity index (χ4v) is 4.97. The summed E-state index contributed by atoms with van der Waals surface area (Å²) >= 11 is 1.23. The molecule has 2 aromatic heterocycles. The molecule has 0 aliphatic rings. The summed E-state index contributed by atoms with van der Waals surface area (Å²) < 4.78 is 51.6. The molecular formula is C23H18F2N5O5PS-2. The average Bonchev–Trinajstić information content (AvgIpc) is 3.55. The molecule has 0 bridgehead atoms. The molecule has 0 spiro atoms. The van der Waals surface area contributed by atoms with E-state index in [1.165, 1.54) is 34.7 Å². The first-order valence-electron chi connectivity index (χ1n) is 10.7. The number of hydrogen-bond donors (Lipinski definition) is 0. The molecule has 0 saturated carbocycles. The number of phosphoric ester groups is 1. The van der Waals surface area contributed by atoms with Crippen LogP contribution in [-0.2, 0) is 26.0 Å². The van der Waals surface area contributed by atoms with Crippen LogP contribution < -0.4 is 9.79 Å². The number of rotatable bonds is 10. The third kappa shape index (κ3) is 6.14. The van der Waals surface area contributed by atoms with Crippen LogP contribution in [0.2, 0.25) is 0 Å². The zero-order chi connectivity index (χ0) is 26.6. The highest BCUT2D eigenvalue weighted by Gasteiger charge is 2.44. The molecule has 0 saturated heterocycles. The summed E-state index contributed by atoms with van der Waals surface area (Å²) in [6.45, 7) is 0.414. The minimum atomic E-state index is -5.43. The van der Waals surface area contributed by atoms with Gasteiger partial charge in [0.2, 0.25) is 0 Å². The second-order valence-corrected chi connectivity index (χ2v) is 9.97. The molecule has 14 heteroatoms. The van der Waals surface area contributed by atoms with Gasteiger partial charge in [-0.05, 0) is 18.2 Å². The van der Waals surface area contributed by atoms with Gasteiger partial charge in [0.25, 0.3) is 0 Å². The lowest BCUT2D eigenvalue weighted by Gasteiger charge is -2.40. The maximum Gasteiger partial charge on any atom is 0.152 e. The van der Waals surface area contributed by atoms with Crippen LogP contribution in [0.3, 0.4) is 0 Å². The molecule has 10 nitrogen and oxygen atoms in total. The smallest absolute Gasteiger partial charge is 0.152 e. The van der Waals surface area contributed by atoms with Crippen LogP contribution in [0.1, 0.15) is 29.0 Å². The second-order valence-electron chi connectivity index (χ2n) is 7.93. The first-order chi connectivity index (χ1) is 17.6. The third-order valence-corrected chi connectivity index (χ3v) is 7.13. The first kappa shape index (κ1) is 26.7. The Hall–Kier alpha value is -3.37. The lowest BCUT2D eigenvalue weighted by atomic mass is 9.81. The van der Waals surface area contributed by atoms with E-state index in [9.17, 15) is 18.7 Å². The summed E-state index contributed by atoms with van der Waals surface area (Å²) in [7, 11) is -5.43. The molecule has 0 amide bonds. The van der Waals surface area contributed by atoms with Crippen molar-refractivity contribution in [3.8, 4) is 17.3 Å². The molecule has 0 radical (unpaired) electrons. The van der Waals surface area contributed by atoms with Crippen LogP contribution in [-0.4, -0.2) is 26.5 Å². The van der Waals surface area contributed by atoms with Crippen LogP contribution in [0.15, 0.2) is 60.5 Å². The predicted molar refractivity (Wildman–Crippen MR) is 123 cm³/mol. The summed E-state index contributed by atoms with van der Waals surface area (Å²) in [6, 6.07) is 11.7. The molecule has 2 heterocycles. The Balaban J connectivity index is 1.80. The number of benzene rings is 2. The van der Waals surface area contributed by atoms with Crippen LogP contribution in [0.5, 0.6) is 0 Å². The summed E-state index contributed by atoms with van der Waals surface area (Å²) in [5, 5.41) is 15.3. The minimum absolute atomic E-state index is 0.137. The highest BCUT2D eigenvalue weighted by atomic mass is 32.1. The van der Waals surface area contributed by atoms with Gasteiger partial charge in [-0.2, -0.15) is 10.4 Å². The van der Waals surface area contributed by atoms with Gasteiger partial charge in [0.1, 0.15) is 29.9 Å². The van der Waals surface area contributed by atoms with Crippen LogP contribution >= 0.6 is 19.2 Å². The van der Waals surface area contributed by atoms with Crippen molar-refractivity contribution in [3.63, 3.8) is 0 Å². The van der Waals surface area contributed by atoms with E-state index in [0.717, 1.165) is 11.6 Å². The molecule has 0 aliphatic heterocycles. The number of hydrogen-bond acceptors (Lipinski definition) is 10. The van der Waals surface area contributed by atoms with Crippen LogP contribution in [0, 0.1) is 23.0 Å². The van der Waals surface area contributed by atoms with E-state index in [2.05, 4.69) is 19.6 Å². The maximum atomic E-state index is 15.2. The van der Waals surface area contributed by atoms with Gasteiger partial charge >= 0.3 is 0 Å². The molecular weight excluding hydrogens is 527 g/mol. The van der Waals surface area contributed by atoms with E-state index in [4.69, 9.17) is 10.00 Å². The highest BCUT2D eigenvalue weighted by molar-refractivity contribution is 7.43. The van der Waals surface area contributed by atoms with Crippen LogP contribution in [0.4, 0.5) is 8.78 Å². The fraction of sp³-hybridized carbons (Fsp3) is 0.217. The Kier molecular flexibility index (Phi) is 7.89. The van der Waals surface area contributed by atoms with Gasteiger partial charge in [0, 0.05) is 28.5 Å². The number of ether oxygens (including phenoxy) is 1. The van der Waals surface area contributed by atoms with Crippen LogP contribution in [0.25, 0.3) is 11.3 Å². The Morgan fingerprint density at radius 2 is 2.00 bits per heavy atom. The van der Waals surface area contributed by atoms with Gasteiger partial charge in [-0.1, -0.05) is 25.1 Å². The van der Waals surface area contributed by atoms with Gasteiger partial charge in [-0.3, -0.25) is 0 Å².